The standard InChI is InChI=1S/C8H8N2O2/c11-9-6-5-7-3-1-2-4-8(7)10(9)12/h1-6,11-12H. The first-order chi connectivity index (χ1) is 5.79. The van der Waals surface area contributed by atoms with Crippen molar-refractivity contribution in [1.82, 2.24) is 5.17 Å². The first kappa shape index (κ1) is 7.15. The number of hydrazine groups is 1. The van der Waals surface area contributed by atoms with E-state index in [1.54, 1.807) is 18.2 Å². The predicted molar refractivity (Wildman–Crippen MR) is 43.4 cm³/mol. The summed E-state index contributed by atoms with van der Waals surface area (Å²) in [6, 6.07) is 7.21. The van der Waals surface area contributed by atoms with Crippen molar-refractivity contribution < 1.29 is 10.4 Å². The van der Waals surface area contributed by atoms with Crippen LogP contribution in [0.3, 0.4) is 0 Å². The molecule has 0 aliphatic carbocycles. The maximum absolute atomic E-state index is 9.29. The number of hydroxylamine groups is 1. The van der Waals surface area contributed by atoms with E-state index in [0.717, 1.165) is 5.56 Å². The summed E-state index contributed by atoms with van der Waals surface area (Å²) < 4.78 is 0. The lowest BCUT2D eigenvalue weighted by Crippen LogP contribution is -2.35. The van der Waals surface area contributed by atoms with Crippen LogP contribution in [-0.4, -0.2) is 15.6 Å². The molecule has 0 bridgehead atoms. The van der Waals surface area contributed by atoms with Gasteiger partial charge in [0, 0.05) is 5.56 Å². The maximum Gasteiger partial charge on any atom is 0.0975 e. The average molecular weight is 164 g/mol. The van der Waals surface area contributed by atoms with Crippen molar-refractivity contribution in [2.75, 3.05) is 5.17 Å². The molecule has 4 nitrogen and oxygen atoms in total. The molecule has 0 unspecified atom stereocenters. The SMILES string of the molecule is ON1C=Cc2ccccc2N1O. The van der Waals surface area contributed by atoms with E-state index in [2.05, 4.69) is 0 Å². The Labute approximate surface area is 69.5 Å². The van der Waals surface area contributed by atoms with Crippen molar-refractivity contribution in [1.29, 1.82) is 0 Å². The number of rotatable bonds is 0. The largest absolute Gasteiger partial charge is 0.267 e. The summed E-state index contributed by atoms with van der Waals surface area (Å²) in [6.07, 6.45) is 3.07. The number of hydrogen-bond acceptors (Lipinski definition) is 4. The molecule has 0 atom stereocenters. The molecule has 2 rings (SSSR count). The van der Waals surface area contributed by atoms with Crippen molar-refractivity contribution in [2.45, 2.75) is 0 Å². The predicted octanol–water partition coefficient (Wildman–Crippen LogP) is 1.47. The number of benzene rings is 1. The van der Waals surface area contributed by atoms with Gasteiger partial charge in [0.1, 0.15) is 0 Å². The van der Waals surface area contributed by atoms with Crippen LogP contribution in [-0.2, 0) is 0 Å². The molecule has 0 saturated carbocycles. The van der Waals surface area contributed by atoms with Crippen LogP contribution in [0.2, 0.25) is 0 Å². The summed E-state index contributed by atoms with van der Waals surface area (Å²) >= 11 is 0. The molecule has 0 fully saturated rings. The van der Waals surface area contributed by atoms with E-state index in [1.807, 2.05) is 12.1 Å². The van der Waals surface area contributed by atoms with Crippen LogP contribution in [0.5, 0.6) is 0 Å². The number of fused-ring (bicyclic) bond motifs is 1. The Balaban J connectivity index is 2.52. The second-order valence-electron chi connectivity index (χ2n) is 2.48. The Kier molecular flexibility index (Phi) is 1.49. The van der Waals surface area contributed by atoms with Gasteiger partial charge in [-0.2, -0.15) is 0 Å². The molecule has 0 amide bonds. The molecule has 1 aliphatic heterocycles. The molecule has 1 aromatic carbocycles. The fraction of sp³-hybridized carbons (Fsp3) is 0. The van der Waals surface area contributed by atoms with Gasteiger partial charge in [-0.1, -0.05) is 18.2 Å². The van der Waals surface area contributed by atoms with Crippen LogP contribution in [0.15, 0.2) is 30.5 Å². The molecule has 0 saturated heterocycles. The zero-order chi connectivity index (χ0) is 8.55. The van der Waals surface area contributed by atoms with Crippen molar-refractivity contribution in [3.05, 3.63) is 36.0 Å². The van der Waals surface area contributed by atoms with Gasteiger partial charge in [-0.25, -0.2) is 0 Å². The van der Waals surface area contributed by atoms with Crippen molar-refractivity contribution >= 4 is 11.8 Å². The summed E-state index contributed by atoms with van der Waals surface area (Å²) in [7, 11) is 0. The van der Waals surface area contributed by atoms with E-state index in [0.29, 0.717) is 16.0 Å². The zero-order valence-corrected chi connectivity index (χ0v) is 6.25. The zero-order valence-electron chi connectivity index (χ0n) is 6.25. The number of para-hydroxylation sites is 1. The third-order valence-corrected chi connectivity index (χ3v) is 1.73. The van der Waals surface area contributed by atoms with Crippen molar-refractivity contribution in [3.8, 4) is 0 Å². The Hall–Kier alpha value is -1.52. The number of anilines is 1. The Morgan fingerprint density at radius 1 is 1.08 bits per heavy atom. The fourth-order valence-electron chi connectivity index (χ4n) is 1.13. The minimum absolute atomic E-state index is 0.558. The highest BCUT2D eigenvalue weighted by molar-refractivity contribution is 5.68. The maximum atomic E-state index is 9.29. The van der Waals surface area contributed by atoms with Gasteiger partial charge >= 0.3 is 0 Å². The molecule has 1 heterocycles. The summed E-state index contributed by atoms with van der Waals surface area (Å²) in [4.78, 5) is 0. The Bertz CT molecular complexity index is 325. The second-order valence-corrected chi connectivity index (χ2v) is 2.48. The molecule has 62 valence electrons. The molecular weight excluding hydrogens is 156 g/mol. The molecule has 1 aromatic rings. The molecule has 0 spiro atoms. The van der Waals surface area contributed by atoms with Crippen molar-refractivity contribution in [2.24, 2.45) is 0 Å². The van der Waals surface area contributed by atoms with E-state index in [4.69, 9.17) is 5.21 Å². The summed E-state index contributed by atoms with van der Waals surface area (Å²) in [6.45, 7) is 0. The molecular formula is C8H8N2O2. The first-order valence-corrected chi connectivity index (χ1v) is 3.53. The highest BCUT2D eigenvalue weighted by Gasteiger charge is 2.14. The highest BCUT2D eigenvalue weighted by Crippen LogP contribution is 2.24. The fourth-order valence-corrected chi connectivity index (χ4v) is 1.13. The summed E-state index contributed by atoms with van der Waals surface area (Å²) in [5.74, 6) is 0. The number of nitrogens with zero attached hydrogens (tertiary/aromatic N) is 2. The van der Waals surface area contributed by atoms with E-state index >= 15 is 0 Å². The van der Waals surface area contributed by atoms with E-state index in [-0.39, 0.29) is 0 Å². The third kappa shape index (κ3) is 0.939. The summed E-state index contributed by atoms with van der Waals surface area (Å²) in [5.41, 5.74) is 1.42. The smallest absolute Gasteiger partial charge is 0.0975 e. The lowest BCUT2D eigenvalue weighted by atomic mass is 10.1. The molecule has 0 aromatic heterocycles. The molecule has 1 aliphatic rings. The van der Waals surface area contributed by atoms with Gasteiger partial charge < -0.3 is 0 Å². The van der Waals surface area contributed by atoms with Crippen LogP contribution in [0, 0.1) is 0 Å². The van der Waals surface area contributed by atoms with Crippen LogP contribution >= 0.6 is 0 Å². The van der Waals surface area contributed by atoms with Crippen LogP contribution in [0.1, 0.15) is 5.56 Å². The quantitative estimate of drug-likeness (QED) is 0.609. The number of hydrogen-bond donors (Lipinski definition) is 2. The topological polar surface area (TPSA) is 46.9 Å². The van der Waals surface area contributed by atoms with Crippen LogP contribution in [0.25, 0.3) is 6.08 Å². The third-order valence-electron chi connectivity index (χ3n) is 1.73. The van der Waals surface area contributed by atoms with Gasteiger partial charge in [-0.3, -0.25) is 10.4 Å². The van der Waals surface area contributed by atoms with Gasteiger partial charge in [0.25, 0.3) is 0 Å². The average Bonchev–Trinajstić information content (AvgIpc) is 2.12. The minimum Gasteiger partial charge on any atom is -0.267 e. The molecule has 2 N–H and O–H groups in total. The Morgan fingerprint density at radius 2 is 1.83 bits per heavy atom. The molecule has 0 radical (unpaired) electrons. The van der Waals surface area contributed by atoms with Gasteiger partial charge in [-0.05, 0) is 12.1 Å². The lowest BCUT2D eigenvalue weighted by molar-refractivity contribution is -0.122. The van der Waals surface area contributed by atoms with Crippen LogP contribution in [0.4, 0.5) is 5.69 Å². The molecule has 12 heavy (non-hydrogen) atoms. The lowest BCUT2D eigenvalue weighted by Gasteiger charge is -2.27. The van der Waals surface area contributed by atoms with E-state index in [1.165, 1.54) is 6.20 Å². The van der Waals surface area contributed by atoms with Gasteiger partial charge in [0.2, 0.25) is 0 Å². The normalized spacial score (nSPS) is 14.8. The minimum atomic E-state index is 0.558. The van der Waals surface area contributed by atoms with E-state index in [9.17, 15) is 5.21 Å². The van der Waals surface area contributed by atoms with E-state index < -0.39 is 0 Å². The monoisotopic (exact) mass is 164 g/mol. The second kappa shape index (κ2) is 2.51. The van der Waals surface area contributed by atoms with Crippen molar-refractivity contribution in [3.63, 3.8) is 0 Å². The first-order valence-electron chi connectivity index (χ1n) is 3.53. The van der Waals surface area contributed by atoms with Gasteiger partial charge in [-0.15, -0.1) is 10.3 Å². The van der Waals surface area contributed by atoms with Gasteiger partial charge in [0.05, 0.1) is 11.9 Å². The molecule has 4 heteroatoms. The van der Waals surface area contributed by atoms with Gasteiger partial charge in [0.15, 0.2) is 0 Å². The summed E-state index contributed by atoms with van der Waals surface area (Å²) in [5, 5.41) is 19.6. The Morgan fingerprint density at radius 3 is 2.67 bits per heavy atom. The highest BCUT2D eigenvalue weighted by atomic mass is 16.7. The van der Waals surface area contributed by atoms with Crippen LogP contribution < -0.4 is 5.17 Å².